The molecule has 0 aromatic heterocycles. The second kappa shape index (κ2) is 7.06. The van der Waals surface area contributed by atoms with E-state index in [-0.39, 0.29) is 17.9 Å². The summed E-state index contributed by atoms with van der Waals surface area (Å²) in [6.07, 6.45) is 0.887. The average Bonchev–Trinajstić information content (AvgIpc) is 3.28. The van der Waals surface area contributed by atoms with Crippen molar-refractivity contribution >= 4 is 17.8 Å². The highest BCUT2D eigenvalue weighted by molar-refractivity contribution is 5.88. The van der Waals surface area contributed by atoms with Gasteiger partial charge < -0.3 is 15.4 Å². The van der Waals surface area contributed by atoms with E-state index in [1.807, 2.05) is 6.07 Å². The summed E-state index contributed by atoms with van der Waals surface area (Å²) in [6, 6.07) is 8.19. The molecule has 118 valence electrons. The van der Waals surface area contributed by atoms with Crippen LogP contribution in [0.3, 0.4) is 0 Å². The third kappa shape index (κ3) is 4.58. The fourth-order valence-electron chi connectivity index (χ4n) is 1.99. The first-order valence-corrected chi connectivity index (χ1v) is 7.30. The minimum absolute atomic E-state index is 0.171. The first-order chi connectivity index (χ1) is 10.5. The van der Waals surface area contributed by atoms with Crippen LogP contribution >= 0.6 is 0 Å². The van der Waals surface area contributed by atoms with Crippen LogP contribution in [0.5, 0.6) is 0 Å². The van der Waals surface area contributed by atoms with Crippen LogP contribution < -0.4 is 10.6 Å². The molecule has 1 aromatic rings. The Hall–Kier alpha value is -2.37. The number of esters is 1. The van der Waals surface area contributed by atoms with Crippen LogP contribution in [-0.2, 0) is 19.1 Å². The molecular weight excluding hydrogens is 284 g/mol. The lowest BCUT2D eigenvalue weighted by molar-refractivity contribution is -0.158. The molecule has 1 aliphatic rings. The molecule has 6 nitrogen and oxygen atoms in total. The predicted octanol–water partition coefficient (Wildman–Crippen LogP) is 1.07. The lowest BCUT2D eigenvalue weighted by atomic mass is 10.1. The van der Waals surface area contributed by atoms with Crippen molar-refractivity contribution in [1.29, 1.82) is 0 Å². The third-order valence-corrected chi connectivity index (χ3v) is 3.27. The largest absolute Gasteiger partial charge is 0.446 e. The van der Waals surface area contributed by atoms with Crippen LogP contribution in [0.25, 0.3) is 0 Å². The normalized spacial score (nSPS) is 16.3. The minimum atomic E-state index is -1.01. The zero-order chi connectivity index (χ0) is 16.1. The van der Waals surface area contributed by atoms with E-state index in [1.54, 1.807) is 24.3 Å². The maximum atomic E-state index is 12.3. The van der Waals surface area contributed by atoms with E-state index < -0.39 is 18.1 Å². The number of rotatable bonds is 6. The van der Waals surface area contributed by atoms with Crippen molar-refractivity contribution in [2.24, 2.45) is 0 Å². The molecule has 2 unspecified atom stereocenters. The Balaban J connectivity index is 2.08. The van der Waals surface area contributed by atoms with Gasteiger partial charge in [0.1, 0.15) is 6.04 Å². The molecule has 0 radical (unpaired) electrons. The summed E-state index contributed by atoms with van der Waals surface area (Å²) in [7, 11) is 0. The van der Waals surface area contributed by atoms with Crippen molar-refractivity contribution in [2.75, 3.05) is 0 Å². The van der Waals surface area contributed by atoms with Gasteiger partial charge in [-0.25, -0.2) is 4.79 Å². The van der Waals surface area contributed by atoms with Crippen LogP contribution in [-0.4, -0.2) is 29.9 Å². The summed E-state index contributed by atoms with van der Waals surface area (Å²) < 4.78 is 5.32. The van der Waals surface area contributed by atoms with Crippen molar-refractivity contribution in [3.05, 3.63) is 35.9 Å². The molecule has 0 heterocycles. The molecule has 6 heteroatoms. The maximum absolute atomic E-state index is 12.3. The van der Waals surface area contributed by atoms with E-state index >= 15 is 0 Å². The zero-order valence-corrected chi connectivity index (χ0v) is 12.7. The lowest BCUT2D eigenvalue weighted by Crippen LogP contribution is -2.41. The van der Waals surface area contributed by atoms with Crippen molar-refractivity contribution in [3.8, 4) is 0 Å². The van der Waals surface area contributed by atoms with Gasteiger partial charge in [-0.1, -0.05) is 30.3 Å². The topological polar surface area (TPSA) is 84.5 Å². The first-order valence-electron chi connectivity index (χ1n) is 7.30. The van der Waals surface area contributed by atoms with E-state index in [4.69, 9.17) is 4.74 Å². The van der Waals surface area contributed by atoms with E-state index in [1.165, 1.54) is 13.8 Å². The van der Waals surface area contributed by atoms with Gasteiger partial charge in [-0.15, -0.1) is 0 Å². The molecule has 2 rings (SSSR count). The Labute approximate surface area is 129 Å². The highest BCUT2D eigenvalue weighted by atomic mass is 16.5. The fourth-order valence-corrected chi connectivity index (χ4v) is 1.99. The molecule has 0 bridgehead atoms. The summed E-state index contributed by atoms with van der Waals surface area (Å²) in [6.45, 7) is 2.84. The first kappa shape index (κ1) is 16.0. The molecule has 2 atom stereocenters. The molecule has 1 aliphatic carbocycles. The van der Waals surface area contributed by atoms with Crippen LogP contribution in [0.15, 0.2) is 30.3 Å². The van der Waals surface area contributed by atoms with E-state index in [0.717, 1.165) is 12.8 Å². The molecule has 2 N–H and O–H groups in total. The van der Waals surface area contributed by atoms with E-state index in [9.17, 15) is 14.4 Å². The Morgan fingerprint density at radius 3 is 2.36 bits per heavy atom. The molecule has 1 saturated carbocycles. The number of amides is 2. The number of carbonyl (C=O) groups is 3. The van der Waals surface area contributed by atoms with Crippen LogP contribution in [0.1, 0.15) is 38.4 Å². The van der Waals surface area contributed by atoms with Crippen molar-refractivity contribution in [1.82, 2.24) is 10.6 Å². The van der Waals surface area contributed by atoms with Crippen LogP contribution in [0, 0.1) is 0 Å². The number of benzene rings is 1. The summed E-state index contributed by atoms with van der Waals surface area (Å²) in [4.78, 5) is 35.4. The van der Waals surface area contributed by atoms with Crippen molar-refractivity contribution in [3.63, 3.8) is 0 Å². The molecule has 1 fully saturated rings. The lowest BCUT2D eigenvalue weighted by Gasteiger charge is -2.20. The SMILES string of the molecule is CC(=O)NC(C)C(=O)OC(C(=O)NC1CC1)c1ccccc1. The monoisotopic (exact) mass is 304 g/mol. The zero-order valence-electron chi connectivity index (χ0n) is 12.7. The number of hydrogen-bond acceptors (Lipinski definition) is 4. The van der Waals surface area contributed by atoms with Crippen molar-refractivity contribution < 1.29 is 19.1 Å². The Kier molecular flexibility index (Phi) is 5.14. The quantitative estimate of drug-likeness (QED) is 0.770. The van der Waals surface area contributed by atoms with Gasteiger partial charge in [-0.05, 0) is 19.8 Å². The molecule has 0 aliphatic heterocycles. The number of carbonyl (C=O) groups excluding carboxylic acids is 3. The van der Waals surface area contributed by atoms with Crippen LogP contribution in [0.4, 0.5) is 0 Å². The van der Waals surface area contributed by atoms with E-state index in [2.05, 4.69) is 10.6 Å². The number of ether oxygens (including phenoxy) is 1. The molecule has 0 spiro atoms. The maximum Gasteiger partial charge on any atom is 0.329 e. The second-order valence-corrected chi connectivity index (χ2v) is 5.43. The van der Waals surface area contributed by atoms with Gasteiger partial charge in [0.05, 0.1) is 0 Å². The van der Waals surface area contributed by atoms with Gasteiger partial charge in [-0.3, -0.25) is 9.59 Å². The van der Waals surface area contributed by atoms with Gasteiger partial charge in [0.2, 0.25) is 12.0 Å². The Morgan fingerprint density at radius 1 is 1.18 bits per heavy atom. The minimum Gasteiger partial charge on any atom is -0.446 e. The summed E-state index contributed by atoms with van der Waals surface area (Å²) >= 11 is 0. The highest BCUT2D eigenvalue weighted by Crippen LogP contribution is 2.23. The standard InChI is InChI=1S/C16H20N2O4/c1-10(17-11(2)19)16(21)22-14(12-6-4-3-5-7-12)15(20)18-13-8-9-13/h3-7,10,13-14H,8-9H2,1-2H3,(H,17,19)(H,18,20). The van der Waals surface area contributed by atoms with E-state index in [0.29, 0.717) is 5.56 Å². The van der Waals surface area contributed by atoms with Crippen molar-refractivity contribution in [2.45, 2.75) is 44.9 Å². The van der Waals surface area contributed by atoms with Gasteiger partial charge in [0, 0.05) is 18.5 Å². The number of nitrogens with one attached hydrogen (secondary N) is 2. The smallest absolute Gasteiger partial charge is 0.329 e. The molecule has 0 saturated heterocycles. The third-order valence-electron chi connectivity index (χ3n) is 3.27. The van der Waals surface area contributed by atoms with Crippen LogP contribution in [0.2, 0.25) is 0 Å². The Bertz CT molecular complexity index is 555. The predicted molar refractivity (Wildman–Crippen MR) is 79.7 cm³/mol. The highest BCUT2D eigenvalue weighted by Gasteiger charge is 2.31. The number of hydrogen-bond donors (Lipinski definition) is 2. The molecular formula is C16H20N2O4. The van der Waals surface area contributed by atoms with Gasteiger partial charge in [-0.2, -0.15) is 0 Å². The summed E-state index contributed by atoms with van der Waals surface area (Å²) in [5.74, 6) is -1.31. The fraction of sp³-hybridized carbons (Fsp3) is 0.438. The summed E-state index contributed by atoms with van der Waals surface area (Å²) in [5.41, 5.74) is 0.601. The van der Waals surface area contributed by atoms with Gasteiger partial charge >= 0.3 is 5.97 Å². The Morgan fingerprint density at radius 2 is 1.82 bits per heavy atom. The average molecular weight is 304 g/mol. The second-order valence-electron chi connectivity index (χ2n) is 5.43. The van der Waals surface area contributed by atoms with Gasteiger partial charge in [0.15, 0.2) is 0 Å². The summed E-state index contributed by atoms with van der Waals surface area (Å²) in [5, 5.41) is 5.28. The molecule has 1 aromatic carbocycles. The molecule has 2 amide bonds. The molecule has 22 heavy (non-hydrogen) atoms. The van der Waals surface area contributed by atoms with Gasteiger partial charge in [0.25, 0.3) is 5.91 Å².